The van der Waals surface area contributed by atoms with E-state index in [0.29, 0.717) is 5.56 Å². The fraction of sp³-hybridized carbons (Fsp3) is 0.0952. The first-order valence-corrected chi connectivity index (χ1v) is 10.4. The van der Waals surface area contributed by atoms with Gasteiger partial charge in [0.05, 0.1) is 9.82 Å². The van der Waals surface area contributed by atoms with E-state index in [1.165, 1.54) is 30.3 Å². The summed E-state index contributed by atoms with van der Waals surface area (Å²) in [4.78, 5) is 22.7. The van der Waals surface area contributed by atoms with Crippen molar-refractivity contribution in [2.75, 3.05) is 6.54 Å². The molecule has 3 aromatic rings. The van der Waals surface area contributed by atoms with Gasteiger partial charge < -0.3 is 5.32 Å². The lowest BCUT2D eigenvalue weighted by Gasteiger charge is -2.19. The monoisotopic (exact) mass is 428 g/mol. The number of nitro groups is 1. The van der Waals surface area contributed by atoms with Crippen LogP contribution in [-0.4, -0.2) is 25.8 Å². The Morgan fingerprint density at radius 1 is 1.00 bits per heavy atom. The molecule has 0 fully saturated rings. The van der Waals surface area contributed by atoms with Crippen molar-refractivity contribution in [3.8, 4) is 0 Å². The number of rotatable bonds is 7. The van der Waals surface area contributed by atoms with Gasteiger partial charge in [-0.1, -0.05) is 36.4 Å². The third kappa shape index (κ3) is 4.69. The van der Waals surface area contributed by atoms with E-state index in [4.69, 9.17) is 0 Å². The summed E-state index contributed by atoms with van der Waals surface area (Å²) in [5, 5.41) is 12.3. The zero-order valence-corrected chi connectivity index (χ0v) is 16.4. The first kappa shape index (κ1) is 21.1. The summed E-state index contributed by atoms with van der Waals surface area (Å²) >= 11 is 0. The summed E-state index contributed by atoms with van der Waals surface area (Å²) in [6.07, 6.45) is 0. The second-order valence-corrected chi connectivity index (χ2v) is 8.55. The summed E-state index contributed by atoms with van der Waals surface area (Å²) in [5.74, 6) is -1.21. The minimum absolute atomic E-state index is 0.0372. The van der Waals surface area contributed by atoms with Crippen LogP contribution < -0.4 is 5.32 Å². The van der Waals surface area contributed by atoms with E-state index in [0.717, 1.165) is 18.2 Å². The maximum Gasteiger partial charge on any atom is 0.270 e. The van der Waals surface area contributed by atoms with E-state index in [1.807, 2.05) is 0 Å². The number of hydrogen-bond donors (Lipinski definition) is 1. The van der Waals surface area contributed by atoms with Crippen LogP contribution in [0.1, 0.15) is 21.2 Å². The van der Waals surface area contributed by atoms with Gasteiger partial charge in [-0.25, -0.2) is 12.8 Å². The van der Waals surface area contributed by atoms with Crippen molar-refractivity contribution in [1.82, 2.24) is 5.32 Å². The molecule has 0 heterocycles. The molecule has 0 aliphatic carbocycles. The number of amides is 1. The summed E-state index contributed by atoms with van der Waals surface area (Å²) in [6, 6.07) is 17.9. The zero-order chi connectivity index (χ0) is 21.7. The Hall–Kier alpha value is -3.59. The molecule has 0 aliphatic rings. The average molecular weight is 428 g/mol. The van der Waals surface area contributed by atoms with Gasteiger partial charge in [-0.05, 0) is 35.9 Å². The number of carbonyl (C=O) groups is 1. The quantitative estimate of drug-likeness (QED) is 0.351. The van der Waals surface area contributed by atoms with Gasteiger partial charge in [0.25, 0.3) is 11.6 Å². The molecule has 0 bridgehead atoms. The number of carbonyl (C=O) groups excluding carboxylic acids is 1. The van der Waals surface area contributed by atoms with Crippen LogP contribution in [0.5, 0.6) is 0 Å². The summed E-state index contributed by atoms with van der Waals surface area (Å²) in [5.41, 5.74) is 0.234. The molecule has 0 radical (unpaired) electrons. The molecule has 1 N–H and O–H groups in total. The molecule has 0 aromatic heterocycles. The van der Waals surface area contributed by atoms with E-state index in [-0.39, 0.29) is 22.7 Å². The highest BCUT2D eigenvalue weighted by atomic mass is 32.2. The van der Waals surface area contributed by atoms with Crippen molar-refractivity contribution >= 4 is 21.4 Å². The minimum atomic E-state index is -3.96. The third-order valence-corrected chi connectivity index (χ3v) is 6.57. The van der Waals surface area contributed by atoms with Gasteiger partial charge in [0.2, 0.25) is 0 Å². The lowest BCUT2D eigenvalue weighted by Crippen LogP contribution is -2.32. The van der Waals surface area contributed by atoms with E-state index in [2.05, 4.69) is 5.32 Å². The third-order valence-electron chi connectivity index (χ3n) is 4.46. The summed E-state index contributed by atoms with van der Waals surface area (Å²) in [7, 11) is -3.96. The second kappa shape index (κ2) is 8.83. The highest BCUT2D eigenvalue weighted by molar-refractivity contribution is 7.91. The van der Waals surface area contributed by atoms with Gasteiger partial charge in [-0.2, -0.15) is 0 Å². The maximum absolute atomic E-state index is 13.2. The van der Waals surface area contributed by atoms with Crippen LogP contribution in [0.25, 0.3) is 0 Å². The molecule has 1 atom stereocenters. The van der Waals surface area contributed by atoms with Gasteiger partial charge in [0, 0.05) is 24.2 Å². The number of non-ortho nitro benzene ring substituents is 1. The largest absolute Gasteiger partial charge is 0.350 e. The normalized spacial score (nSPS) is 12.2. The van der Waals surface area contributed by atoms with Crippen LogP contribution in [0, 0.1) is 15.9 Å². The molecular weight excluding hydrogens is 411 g/mol. The van der Waals surface area contributed by atoms with Crippen LogP contribution in [0.4, 0.5) is 10.1 Å². The predicted molar refractivity (Wildman–Crippen MR) is 108 cm³/mol. The van der Waals surface area contributed by atoms with Gasteiger partial charge in [0.15, 0.2) is 9.84 Å². The maximum atomic E-state index is 13.2. The number of halogens is 1. The molecule has 9 heteroatoms. The Labute approximate surface area is 172 Å². The highest BCUT2D eigenvalue weighted by Gasteiger charge is 2.29. The van der Waals surface area contributed by atoms with Crippen molar-refractivity contribution < 1.29 is 22.5 Å². The molecule has 7 nitrogen and oxygen atoms in total. The van der Waals surface area contributed by atoms with Crippen molar-refractivity contribution in [3.63, 3.8) is 0 Å². The molecule has 1 amide bonds. The van der Waals surface area contributed by atoms with Crippen LogP contribution in [0.15, 0.2) is 83.8 Å². The molecule has 1 unspecified atom stereocenters. The van der Waals surface area contributed by atoms with Crippen LogP contribution >= 0.6 is 0 Å². The first-order chi connectivity index (χ1) is 14.3. The van der Waals surface area contributed by atoms with Crippen molar-refractivity contribution in [3.05, 3.63) is 106 Å². The van der Waals surface area contributed by atoms with Crippen LogP contribution in [0.2, 0.25) is 0 Å². The predicted octanol–water partition coefficient (Wildman–Crippen LogP) is 3.68. The topological polar surface area (TPSA) is 106 Å². The lowest BCUT2D eigenvalue weighted by molar-refractivity contribution is -0.384. The van der Waals surface area contributed by atoms with Crippen LogP contribution in [-0.2, 0) is 9.84 Å². The van der Waals surface area contributed by atoms with E-state index in [1.54, 1.807) is 30.3 Å². The molecular formula is C21H17FN2O5S. The Kier molecular flexibility index (Phi) is 6.22. The zero-order valence-electron chi connectivity index (χ0n) is 15.6. The van der Waals surface area contributed by atoms with Crippen molar-refractivity contribution in [2.45, 2.75) is 10.1 Å². The number of nitrogens with zero attached hydrogens (tertiary/aromatic N) is 1. The summed E-state index contributed by atoms with van der Waals surface area (Å²) in [6.45, 7) is -0.273. The molecule has 0 saturated carbocycles. The van der Waals surface area contributed by atoms with E-state index < -0.39 is 31.7 Å². The number of nitro benzene ring substituents is 1. The molecule has 3 rings (SSSR count). The lowest BCUT2D eigenvalue weighted by atomic mass is 10.1. The molecule has 30 heavy (non-hydrogen) atoms. The van der Waals surface area contributed by atoms with E-state index in [9.17, 15) is 27.7 Å². The first-order valence-electron chi connectivity index (χ1n) is 8.86. The van der Waals surface area contributed by atoms with Crippen molar-refractivity contribution in [1.29, 1.82) is 0 Å². The average Bonchev–Trinajstić information content (AvgIpc) is 2.74. The number of sulfone groups is 1. The molecule has 0 aliphatic heterocycles. The Morgan fingerprint density at radius 3 is 2.30 bits per heavy atom. The fourth-order valence-electron chi connectivity index (χ4n) is 2.91. The number of benzene rings is 3. The van der Waals surface area contributed by atoms with Gasteiger partial charge in [-0.3, -0.25) is 14.9 Å². The smallest absolute Gasteiger partial charge is 0.270 e. The Balaban J connectivity index is 1.89. The number of hydrogen-bond acceptors (Lipinski definition) is 5. The van der Waals surface area contributed by atoms with Gasteiger partial charge in [0.1, 0.15) is 11.1 Å². The Morgan fingerprint density at radius 2 is 1.67 bits per heavy atom. The Bertz CT molecular complexity index is 1170. The molecule has 3 aromatic carbocycles. The standard InChI is InChI=1S/C21H17FN2O5S/c22-17-9-11-19(12-10-17)30(28,29)20(15-5-2-1-3-6-15)14-23-21(25)16-7-4-8-18(13-16)24(26)27/h1-13,20H,14H2,(H,23,25). The second-order valence-electron chi connectivity index (χ2n) is 6.42. The molecule has 154 valence electrons. The SMILES string of the molecule is O=C(NCC(c1ccccc1)S(=O)(=O)c1ccc(F)cc1)c1cccc([N+](=O)[O-])c1. The van der Waals surface area contributed by atoms with Crippen LogP contribution in [0.3, 0.4) is 0 Å². The minimum Gasteiger partial charge on any atom is -0.350 e. The van der Waals surface area contributed by atoms with E-state index >= 15 is 0 Å². The van der Waals surface area contributed by atoms with Gasteiger partial charge in [-0.15, -0.1) is 0 Å². The van der Waals surface area contributed by atoms with Gasteiger partial charge >= 0.3 is 0 Å². The molecule has 0 spiro atoms. The highest BCUT2D eigenvalue weighted by Crippen LogP contribution is 2.28. The fourth-order valence-corrected chi connectivity index (χ4v) is 4.57. The summed E-state index contributed by atoms with van der Waals surface area (Å²) < 4.78 is 39.6. The molecule has 0 saturated heterocycles. The van der Waals surface area contributed by atoms with Crippen molar-refractivity contribution in [2.24, 2.45) is 0 Å². The number of nitrogens with one attached hydrogen (secondary N) is 1.